The second-order valence-electron chi connectivity index (χ2n) is 8.15. The fourth-order valence-corrected chi connectivity index (χ4v) is 4.58. The third-order valence-corrected chi connectivity index (χ3v) is 5.75. The van der Waals surface area contributed by atoms with Crippen molar-refractivity contribution in [3.05, 3.63) is 35.4 Å². The fraction of sp³-hybridized carbons (Fsp3) is 0.650. The topological polar surface area (TPSA) is 32.3 Å². The predicted octanol–water partition coefficient (Wildman–Crippen LogP) is 4.22. The van der Waals surface area contributed by atoms with E-state index in [0.717, 1.165) is 49.9 Å². The van der Waals surface area contributed by atoms with E-state index in [-0.39, 0.29) is 23.3 Å². The number of amides is 1. The van der Waals surface area contributed by atoms with Gasteiger partial charge in [0.25, 0.3) is 0 Å². The standard InChI is InChI=1S/C20H27F3N2O/c1-14(2)24-18(26)17-12-25(13-19(17)9-3-4-10-19)11-15-5-7-16(8-6-15)20(21,22)23/h5-8,14,17H,3-4,9-13H2,1-2H3,(H,24,26). The van der Waals surface area contributed by atoms with Crippen molar-refractivity contribution in [3.63, 3.8) is 0 Å². The van der Waals surface area contributed by atoms with E-state index in [1.807, 2.05) is 13.8 Å². The molecule has 1 aromatic rings. The first kappa shape index (κ1) is 19.2. The molecule has 2 fully saturated rings. The molecule has 0 bridgehead atoms. The number of rotatable bonds is 4. The van der Waals surface area contributed by atoms with Gasteiger partial charge >= 0.3 is 6.18 Å². The van der Waals surface area contributed by atoms with Crippen LogP contribution >= 0.6 is 0 Å². The number of alkyl halides is 3. The minimum atomic E-state index is -4.31. The van der Waals surface area contributed by atoms with E-state index in [1.54, 1.807) is 12.1 Å². The highest BCUT2D eigenvalue weighted by atomic mass is 19.4. The molecule has 3 nitrogen and oxygen atoms in total. The molecule has 26 heavy (non-hydrogen) atoms. The molecule has 6 heteroatoms. The molecular weight excluding hydrogens is 341 g/mol. The summed E-state index contributed by atoms with van der Waals surface area (Å²) in [5, 5.41) is 3.05. The summed E-state index contributed by atoms with van der Waals surface area (Å²) < 4.78 is 38.1. The quantitative estimate of drug-likeness (QED) is 0.863. The van der Waals surface area contributed by atoms with Crippen molar-refractivity contribution in [2.24, 2.45) is 11.3 Å². The minimum absolute atomic E-state index is 0.0261. The number of nitrogens with one attached hydrogen (secondary N) is 1. The molecule has 144 valence electrons. The van der Waals surface area contributed by atoms with Crippen LogP contribution in [0.3, 0.4) is 0 Å². The molecule has 1 spiro atoms. The summed E-state index contributed by atoms with van der Waals surface area (Å²) in [6.07, 6.45) is 0.124. The summed E-state index contributed by atoms with van der Waals surface area (Å²) in [6, 6.07) is 5.49. The van der Waals surface area contributed by atoms with Crippen molar-refractivity contribution in [1.82, 2.24) is 10.2 Å². The molecule has 0 radical (unpaired) electrons. The summed E-state index contributed by atoms with van der Waals surface area (Å²) in [7, 11) is 0. The van der Waals surface area contributed by atoms with E-state index in [4.69, 9.17) is 0 Å². The van der Waals surface area contributed by atoms with Gasteiger partial charge in [-0.3, -0.25) is 9.69 Å². The van der Waals surface area contributed by atoms with Crippen LogP contribution < -0.4 is 5.32 Å². The van der Waals surface area contributed by atoms with Gasteiger partial charge in [-0.15, -0.1) is 0 Å². The molecular formula is C20H27F3N2O. The van der Waals surface area contributed by atoms with Crippen LogP contribution in [0.15, 0.2) is 24.3 Å². The van der Waals surface area contributed by atoms with Gasteiger partial charge in [0, 0.05) is 25.7 Å². The van der Waals surface area contributed by atoms with Crippen LogP contribution in [0.5, 0.6) is 0 Å². The van der Waals surface area contributed by atoms with Crippen LogP contribution in [0.25, 0.3) is 0 Å². The number of hydrogen-bond acceptors (Lipinski definition) is 2. The number of nitrogens with zero attached hydrogens (tertiary/aromatic N) is 1. The molecule has 1 unspecified atom stereocenters. The molecule has 1 heterocycles. The molecule has 1 atom stereocenters. The zero-order valence-electron chi connectivity index (χ0n) is 15.4. The monoisotopic (exact) mass is 368 g/mol. The van der Waals surface area contributed by atoms with Crippen molar-refractivity contribution in [3.8, 4) is 0 Å². The Hall–Kier alpha value is -1.56. The number of likely N-dealkylation sites (tertiary alicyclic amines) is 1. The van der Waals surface area contributed by atoms with E-state index in [2.05, 4.69) is 10.2 Å². The van der Waals surface area contributed by atoms with E-state index < -0.39 is 11.7 Å². The van der Waals surface area contributed by atoms with Gasteiger partial charge in [0.15, 0.2) is 0 Å². The van der Waals surface area contributed by atoms with E-state index in [1.165, 1.54) is 0 Å². The fourth-order valence-electron chi connectivity index (χ4n) is 4.58. The molecule has 1 N–H and O–H groups in total. The number of carbonyl (C=O) groups excluding carboxylic acids is 1. The van der Waals surface area contributed by atoms with E-state index >= 15 is 0 Å². The Morgan fingerprint density at radius 3 is 2.38 bits per heavy atom. The lowest BCUT2D eigenvalue weighted by molar-refractivity contribution is -0.137. The highest BCUT2D eigenvalue weighted by Gasteiger charge is 2.51. The molecule has 1 aromatic carbocycles. The first-order valence-corrected chi connectivity index (χ1v) is 9.38. The number of hydrogen-bond donors (Lipinski definition) is 1. The Balaban J connectivity index is 1.70. The zero-order chi connectivity index (χ0) is 18.9. The number of benzene rings is 1. The highest BCUT2D eigenvalue weighted by molar-refractivity contribution is 5.80. The summed E-state index contributed by atoms with van der Waals surface area (Å²) in [6.45, 7) is 6.05. The first-order valence-electron chi connectivity index (χ1n) is 9.38. The van der Waals surface area contributed by atoms with Gasteiger partial charge in [0.1, 0.15) is 0 Å². The summed E-state index contributed by atoms with van der Waals surface area (Å²) >= 11 is 0. The van der Waals surface area contributed by atoms with Crippen molar-refractivity contribution in [2.75, 3.05) is 13.1 Å². The van der Waals surface area contributed by atoms with Crippen LogP contribution in [0.2, 0.25) is 0 Å². The van der Waals surface area contributed by atoms with Crippen LogP contribution in [0, 0.1) is 11.3 Å². The maximum absolute atomic E-state index is 12.7. The normalized spacial score (nSPS) is 23.1. The molecule has 1 aliphatic heterocycles. The molecule has 1 saturated carbocycles. The number of halogens is 3. The average molecular weight is 368 g/mol. The van der Waals surface area contributed by atoms with Crippen molar-refractivity contribution >= 4 is 5.91 Å². The minimum Gasteiger partial charge on any atom is -0.354 e. The lowest BCUT2D eigenvalue weighted by Gasteiger charge is -2.29. The average Bonchev–Trinajstić information content (AvgIpc) is 3.14. The van der Waals surface area contributed by atoms with Gasteiger partial charge < -0.3 is 5.32 Å². The predicted molar refractivity (Wildman–Crippen MR) is 94.4 cm³/mol. The Bertz CT molecular complexity index is 633. The third-order valence-electron chi connectivity index (χ3n) is 5.75. The second-order valence-corrected chi connectivity index (χ2v) is 8.15. The maximum atomic E-state index is 12.7. The van der Waals surface area contributed by atoms with Gasteiger partial charge in [-0.1, -0.05) is 25.0 Å². The Kier molecular flexibility index (Phi) is 5.33. The van der Waals surface area contributed by atoms with E-state index in [0.29, 0.717) is 13.1 Å². The zero-order valence-corrected chi connectivity index (χ0v) is 15.4. The highest BCUT2D eigenvalue weighted by Crippen LogP contribution is 2.49. The summed E-state index contributed by atoms with van der Waals surface area (Å²) in [5.74, 6) is 0.0960. The maximum Gasteiger partial charge on any atom is 0.416 e. The SMILES string of the molecule is CC(C)NC(=O)C1CN(Cc2ccc(C(F)(F)F)cc2)CC12CCCC2. The Labute approximate surface area is 152 Å². The van der Waals surface area contributed by atoms with Gasteiger partial charge in [-0.05, 0) is 49.8 Å². The summed E-state index contributed by atoms with van der Waals surface area (Å²) in [5.41, 5.74) is 0.269. The largest absolute Gasteiger partial charge is 0.416 e. The van der Waals surface area contributed by atoms with Crippen LogP contribution in [-0.2, 0) is 17.5 Å². The molecule has 1 saturated heterocycles. The smallest absolute Gasteiger partial charge is 0.354 e. The molecule has 1 amide bonds. The third kappa shape index (κ3) is 4.05. The molecule has 1 aliphatic carbocycles. The molecule has 0 aromatic heterocycles. The second kappa shape index (κ2) is 7.22. The van der Waals surface area contributed by atoms with Gasteiger partial charge in [0.05, 0.1) is 11.5 Å². The first-order chi connectivity index (χ1) is 12.2. The van der Waals surface area contributed by atoms with Crippen molar-refractivity contribution < 1.29 is 18.0 Å². The van der Waals surface area contributed by atoms with Crippen molar-refractivity contribution in [1.29, 1.82) is 0 Å². The van der Waals surface area contributed by atoms with Gasteiger partial charge in [-0.2, -0.15) is 13.2 Å². The van der Waals surface area contributed by atoms with Crippen LogP contribution in [-0.4, -0.2) is 29.9 Å². The lowest BCUT2D eigenvalue weighted by Crippen LogP contribution is -2.42. The molecule has 2 aliphatic rings. The Morgan fingerprint density at radius 2 is 1.85 bits per heavy atom. The lowest BCUT2D eigenvalue weighted by atomic mass is 9.76. The summed E-state index contributed by atoms with van der Waals surface area (Å²) in [4.78, 5) is 14.9. The van der Waals surface area contributed by atoms with E-state index in [9.17, 15) is 18.0 Å². The van der Waals surface area contributed by atoms with Crippen LogP contribution in [0.4, 0.5) is 13.2 Å². The number of carbonyl (C=O) groups is 1. The van der Waals surface area contributed by atoms with Crippen molar-refractivity contribution in [2.45, 2.75) is 58.3 Å². The van der Waals surface area contributed by atoms with Gasteiger partial charge in [-0.25, -0.2) is 0 Å². The van der Waals surface area contributed by atoms with Gasteiger partial charge in [0.2, 0.25) is 5.91 Å². The Morgan fingerprint density at radius 1 is 1.23 bits per heavy atom. The van der Waals surface area contributed by atoms with Crippen LogP contribution in [0.1, 0.15) is 50.7 Å². The molecule has 3 rings (SSSR count).